The SMILES string of the molecule is [Cl-].[Cl-].[Li+].[Mg+2].[c-]1ccccc1-c1ccccn1.c1ccc(-c2ccccn2)cc1. The third-order valence-electron chi connectivity index (χ3n) is 3.38. The molecule has 4 rings (SSSR count). The Bertz CT molecular complexity index is 702. The second-order valence-corrected chi connectivity index (χ2v) is 5.07. The first-order chi connectivity index (χ1) is 11.9. The van der Waals surface area contributed by atoms with Crippen LogP contribution in [-0.4, -0.2) is 33.0 Å². The third-order valence-corrected chi connectivity index (χ3v) is 3.38. The van der Waals surface area contributed by atoms with Crippen molar-refractivity contribution in [1.29, 1.82) is 0 Å². The zero-order valence-electron chi connectivity index (χ0n) is 15.7. The van der Waals surface area contributed by atoms with Gasteiger partial charge in [0.2, 0.25) is 0 Å². The van der Waals surface area contributed by atoms with E-state index < -0.39 is 0 Å². The van der Waals surface area contributed by atoms with E-state index in [-0.39, 0.29) is 66.7 Å². The zero-order valence-corrected chi connectivity index (χ0v) is 18.6. The van der Waals surface area contributed by atoms with Gasteiger partial charge in [0.05, 0.1) is 5.69 Å². The summed E-state index contributed by atoms with van der Waals surface area (Å²) in [6, 6.07) is 32.9. The summed E-state index contributed by atoms with van der Waals surface area (Å²) in [6.45, 7) is 0. The van der Waals surface area contributed by atoms with Crippen LogP contribution < -0.4 is 43.7 Å². The van der Waals surface area contributed by atoms with E-state index in [0.717, 1.165) is 22.5 Å². The van der Waals surface area contributed by atoms with Crippen LogP contribution in [0.4, 0.5) is 0 Å². The van der Waals surface area contributed by atoms with Gasteiger partial charge in [0.25, 0.3) is 0 Å². The summed E-state index contributed by atoms with van der Waals surface area (Å²) >= 11 is 0. The van der Waals surface area contributed by atoms with Gasteiger partial charge in [-0.05, 0) is 23.9 Å². The van der Waals surface area contributed by atoms with Crippen molar-refractivity contribution in [3.63, 3.8) is 0 Å². The van der Waals surface area contributed by atoms with E-state index in [0.29, 0.717) is 0 Å². The minimum absolute atomic E-state index is 0. The predicted octanol–water partition coefficient (Wildman–Crippen LogP) is -4.07. The number of pyridine rings is 2. The Morgan fingerprint density at radius 1 is 0.571 bits per heavy atom. The van der Waals surface area contributed by atoms with E-state index in [1.165, 1.54) is 0 Å². The first kappa shape index (κ1) is 28.9. The molecule has 6 heteroatoms. The van der Waals surface area contributed by atoms with E-state index in [2.05, 4.69) is 28.2 Å². The van der Waals surface area contributed by atoms with Gasteiger partial charge in [-0.3, -0.25) is 4.98 Å². The molecular weight excluding hydrogens is 394 g/mol. The molecule has 132 valence electrons. The van der Waals surface area contributed by atoms with Crippen molar-refractivity contribution >= 4 is 23.1 Å². The van der Waals surface area contributed by atoms with Crippen LogP contribution in [0, 0.1) is 6.07 Å². The minimum atomic E-state index is 0. The van der Waals surface area contributed by atoms with Crippen molar-refractivity contribution in [1.82, 2.24) is 9.97 Å². The van der Waals surface area contributed by atoms with E-state index in [4.69, 9.17) is 0 Å². The average Bonchev–Trinajstić information content (AvgIpc) is 2.71. The number of rotatable bonds is 2. The van der Waals surface area contributed by atoms with Crippen molar-refractivity contribution in [3.8, 4) is 22.5 Å². The molecule has 0 aliphatic rings. The molecule has 4 aromatic rings. The zero-order chi connectivity index (χ0) is 16.5. The first-order valence-corrected chi connectivity index (χ1v) is 7.78. The van der Waals surface area contributed by atoms with Crippen LogP contribution in [0.2, 0.25) is 0 Å². The van der Waals surface area contributed by atoms with Gasteiger partial charge in [-0.1, -0.05) is 48.5 Å². The molecule has 0 atom stereocenters. The van der Waals surface area contributed by atoms with Crippen molar-refractivity contribution in [2.75, 3.05) is 0 Å². The van der Waals surface area contributed by atoms with Gasteiger partial charge in [-0.2, -0.15) is 0 Å². The quantitative estimate of drug-likeness (QED) is 0.248. The maximum Gasteiger partial charge on any atom is 2.00 e. The normalized spacial score (nSPS) is 8.29. The van der Waals surface area contributed by atoms with Gasteiger partial charge in [-0.15, -0.1) is 35.9 Å². The summed E-state index contributed by atoms with van der Waals surface area (Å²) in [5.74, 6) is 0. The fourth-order valence-corrected chi connectivity index (χ4v) is 2.22. The summed E-state index contributed by atoms with van der Waals surface area (Å²) in [5, 5.41) is 0. The van der Waals surface area contributed by atoms with E-state index >= 15 is 0 Å². The monoisotopic (exact) mass is 410 g/mol. The largest absolute Gasteiger partial charge is 2.00 e. The molecule has 0 unspecified atom stereocenters. The molecule has 0 spiro atoms. The average molecular weight is 412 g/mol. The number of hydrogen-bond acceptors (Lipinski definition) is 2. The molecule has 0 fully saturated rings. The fraction of sp³-hybridized carbons (Fsp3) is 0. The predicted molar refractivity (Wildman–Crippen MR) is 104 cm³/mol. The molecule has 0 bridgehead atoms. The molecule has 0 aliphatic heterocycles. The van der Waals surface area contributed by atoms with Gasteiger partial charge in [0.15, 0.2) is 0 Å². The van der Waals surface area contributed by atoms with Crippen LogP contribution in [-0.2, 0) is 0 Å². The van der Waals surface area contributed by atoms with Gasteiger partial charge in [-0.25, -0.2) is 0 Å². The van der Waals surface area contributed by atoms with Crippen LogP contribution >= 0.6 is 0 Å². The van der Waals surface area contributed by atoms with Crippen molar-refractivity contribution in [3.05, 3.63) is 109 Å². The molecule has 28 heavy (non-hydrogen) atoms. The standard InChI is InChI=1S/C11H9N.C11H8N.2ClH.Li.Mg/c2*1-2-6-10(7-3-1)11-8-4-5-9-12-11;;;;/h1-9H;1-6,8-9H;2*1H;;/q;-1;;;+1;+2/p-2. The summed E-state index contributed by atoms with van der Waals surface area (Å²) in [6.07, 6.45) is 3.60. The molecule has 0 radical (unpaired) electrons. The molecular formula is C22H17Cl2LiMgN2. The van der Waals surface area contributed by atoms with Gasteiger partial charge < -0.3 is 29.8 Å². The molecule has 2 aromatic heterocycles. The Balaban J connectivity index is 0. The van der Waals surface area contributed by atoms with Crippen LogP contribution in [0.15, 0.2) is 103 Å². The molecule has 0 amide bonds. The molecule has 0 N–H and O–H groups in total. The van der Waals surface area contributed by atoms with Gasteiger partial charge in [0.1, 0.15) is 0 Å². The Hall–Kier alpha value is -1.32. The molecule has 2 aromatic carbocycles. The third kappa shape index (κ3) is 9.25. The van der Waals surface area contributed by atoms with Crippen LogP contribution in [0.5, 0.6) is 0 Å². The van der Waals surface area contributed by atoms with Crippen LogP contribution in [0.25, 0.3) is 22.5 Å². The number of aromatic nitrogens is 2. The van der Waals surface area contributed by atoms with Gasteiger partial charge in [0, 0.05) is 18.0 Å². The number of halogens is 2. The fourth-order valence-electron chi connectivity index (χ4n) is 2.22. The van der Waals surface area contributed by atoms with E-state index in [1.54, 1.807) is 6.20 Å². The topological polar surface area (TPSA) is 25.8 Å². The number of nitrogens with zero attached hydrogens (tertiary/aromatic N) is 2. The van der Waals surface area contributed by atoms with E-state index in [1.807, 2.05) is 85.1 Å². The Morgan fingerprint density at radius 3 is 1.61 bits per heavy atom. The summed E-state index contributed by atoms with van der Waals surface area (Å²) in [4.78, 5) is 8.47. The minimum Gasteiger partial charge on any atom is -1.00 e. The van der Waals surface area contributed by atoms with Gasteiger partial charge >= 0.3 is 41.9 Å². The second-order valence-electron chi connectivity index (χ2n) is 5.07. The number of benzene rings is 2. The summed E-state index contributed by atoms with van der Waals surface area (Å²) < 4.78 is 0. The Morgan fingerprint density at radius 2 is 1.11 bits per heavy atom. The molecule has 2 nitrogen and oxygen atoms in total. The van der Waals surface area contributed by atoms with Crippen LogP contribution in [0.3, 0.4) is 0 Å². The number of hydrogen-bond donors (Lipinski definition) is 0. The molecule has 0 saturated heterocycles. The Labute approximate surface area is 207 Å². The van der Waals surface area contributed by atoms with Crippen molar-refractivity contribution < 1.29 is 43.7 Å². The molecule has 2 heterocycles. The van der Waals surface area contributed by atoms with Crippen LogP contribution in [0.1, 0.15) is 0 Å². The van der Waals surface area contributed by atoms with Crippen molar-refractivity contribution in [2.24, 2.45) is 0 Å². The molecule has 0 aliphatic carbocycles. The maximum absolute atomic E-state index is 4.25. The summed E-state index contributed by atoms with van der Waals surface area (Å²) in [7, 11) is 0. The van der Waals surface area contributed by atoms with Crippen molar-refractivity contribution in [2.45, 2.75) is 0 Å². The maximum atomic E-state index is 4.25. The Kier molecular flexibility index (Phi) is 17.1. The summed E-state index contributed by atoms with van der Waals surface area (Å²) in [5.41, 5.74) is 4.20. The molecule has 0 saturated carbocycles. The first-order valence-electron chi connectivity index (χ1n) is 7.78. The van der Waals surface area contributed by atoms with E-state index in [9.17, 15) is 0 Å². The second kappa shape index (κ2) is 16.6. The smallest absolute Gasteiger partial charge is 1.00 e.